The molecule has 184 valence electrons. The number of fused-ring (bicyclic) bond motifs is 1. The van der Waals surface area contributed by atoms with Crippen LogP contribution in [0, 0.1) is 17.2 Å². The first-order valence-corrected chi connectivity index (χ1v) is 12.3. The summed E-state index contributed by atoms with van der Waals surface area (Å²) in [6.07, 6.45) is 6.04. The van der Waals surface area contributed by atoms with Crippen molar-refractivity contribution in [2.45, 2.75) is 25.3 Å². The lowest BCUT2D eigenvalue weighted by Gasteiger charge is -2.16. The van der Waals surface area contributed by atoms with Crippen molar-refractivity contribution >= 4 is 22.8 Å². The summed E-state index contributed by atoms with van der Waals surface area (Å²) in [6, 6.07) is 19.2. The second-order valence-electron chi connectivity index (χ2n) is 9.41. The van der Waals surface area contributed by atoms with Crippen molar-refractivity contribution in [2.75, 3.05) is 18.8 Å². The number of amides is 1. The Balaban J connectivity index is 1.28. The zero-order valence-corrected chi connectivity index (χ0v) is 20.1. The summed E-state index contributed by atoms with van der Waals surface area (Å²) in [6.45, 7) is 1.00. The number of para-hydroxylation sites is 1. The fourth-order valence-electron chi connectivity index (χ4n) is 4.71. The maximum Gasteiger partial charge on any atom is 0.264 e. The summed E-state index contributed by atoms with van der Waals surface area (Å²) < 4.78 is 7.77. The van der Waals surface area contributed by atoms with Gasteiger partial charge in [0.2, 0.25) is 0 Å². The van der Waals surface area contributed by atoms with Gasteiger partial charge in [-0.15, -0.1) is 0 Å². The van der Waals surface area contributed by atoms with Gasteiger partial charge in [0.05, 0.1) is 11.4 Å². The fourth-order valence-corrected chi connectivity index (χ4v) is 4.71. The molecule has 37 heavy (non-hydrogen) atoms. The van der Waals surface area contributed by atoms with E-state index in [1.807, 2.05) is 65.4 Å². The third-order valence-corrected chi connectivity index (χ3v) is 6.80. The SMILES string of the molecule is N#C/C(=C\C1CC1)C(=O)N1CC[C@@H](n2nc(-c3ccc(Oc4ccccc4)cc3)c3c(N)ncnc32)C1. The van der Waals surface area contributed by atoms with E-state index in [2.05, 4.69) is 16.0 Å². The summed E-state index contributed by atoms with van der Waals surface area (Å²) in [7, 11) is 0. The number of nitriles is 1. The molecule has 1 amide bonds. The maximum absolute atomic E-state index is 13.0. The molecular formula is C28H25N7O2. The van der Waals surface area contributed by atoms with E-state index < -0.39 is 0 Å². The van der Waals surface area contributed by atoms with Gasteiger partial charge in [-0.25, -0.2) is 14.6 Å². The van der Waals surface area contributed by atoms with Gasteiger partial charge in [0.25, 0.3) is 5.91 Å². The van der Waals surface area contributed by atoms with Crippen LogP contribution >= 0.6 is 0 Å². The summed E-state index contributed by atoms with van der Waals surface area (Å²) in [4.78, 5) is 23.4. The number of carbonyl (C=O) groups excluding carboxylic acids is 1. The van der Waals surface area contributed by atoms with Gasteiger partial charge in [0.15, 0.2) is 5.65 Å². The molecule has 1 aliphatic heterocycles. The Morgan fingerprint density at radius 2 is 1.81 bits per heavy atom. The van der Waals surface area contributed by atoms with Crippen LogP contribution in [0.1, 0.15) is 25.3 Å². The van der Waals surface area contributed by atoms with Crippen LogP contribution in [-0.2, 0) is 4.79 Å². The van der Waals surface area contributed by atoms with Crippen LogP contribution in [-0.4, -0.2) is 43.6 Å². The van der Waals surface area contributed by atoms with Crippen molar-refractivity contribution in [3.8, 4) is 28.8 Å². The summed E-state index contributed by atoms with van der Waals surface area (Å²) >= 11 is 0. The molecule has 2 N–H and O–H groups in total. The zero-order valence-electron chi connectivity index (χ0n) is 20.1. The third kappa shape index (κ3) is 4.49. The number of ether oxygens (including phenoxy) is 1. The molecule has 0 unspecified atom stereocenters. The number of hydrogen-bond donors (Lipinski definition) is 1. The van der Waals surface area contributed by atoms with Crippen LogP contribution in [0.4, 0.5) is 5.82 Å². The van der Waals surface area contributed by atoms with E-state index in [1.165, 1.54) is 6.33 Å². The van der Waals surface area contributed by atoms with E-state index in [1.54, 1.807) is 4.90 Å². The minimum atomic E-state index is -0.211. The van der Waals surface area contributed by atoms with Crippen LogP contribution in [0.15, 0.2) is 72.6 Å². The third-order valence-electron chi connectivity index (χ3n) is 6.80. The maximum atomic E-state index is 13.0. The molecule has 3 heterocycles. The molecule has 2 aromatic carbocycles. The van der Waals surface area contributed by atoms with E-state index in [0.717, 1.165) is 24.2 Å². The molecule has 1 atom stereocenters. The number of hydrogen-bond acceptors (Lipinski definition) is 7. The van der Waals surface area contributed by atoms with Crippen LogP contribution in [0.2, 0.25) is 0 Å². The smallest absolute Gasteiger partial charge is 0.264 e. The van der Waals surface area contributed by atoms with Gasteiger partial charge in [0.1, 0.15) is 41.0 Å². The monoisotopic (exact) mass is 491 g/mol. The number of carbonyl (C=O) groups is 1. The molecule has 2 fully saturated rings. The molecule has 1 aliphatic carbocycles. The van der Waals surface area contributed by atoms with E-state index in [9.17, 15) is 10.1 Å². The molecular weight excluding hydrogens is 466 g/mol. The standard InChI is InChI=1S/C28H25N7O2/c29-15-20(14-18-6-7-18)28(36)34-13-12-21(16-34)35-27-24(26(30)31-17-32-27)25(33-35)19-8-10-23(11-9-19)37-22-4-2-1-3-5-22/h1-5,8-11,14,17-18,21H,6-7,12-13,16H2,(H2,30,31,32)/b20-14+/t21-/m1/s1. The Hall–Kier alpha value is -4.71. The van der Waals surface area contributed by atoms with Gasteiger partial charge < -0.3 is 15.4 Å². The number of nitrogens with zero attached hydrogens (tertiary/aromatic N) is 6. The number of likely N-dealkylation sites (tertiary alicyclic amines) is 1. The molecule has 9 nitrogen and oxygen atoms in total. The van der Waals surface area contributed by atoms with E-state index >= 15 is 0 Å². The Morgan fingerprint density at radius 3 is 2.54 bits per heavy atom. The second kappa shape index (κ2) is 9.39. The van der Waals surface area contributed by atoms with Crippen molar-refractivity contribution in [1.82, 2.24) is 24.6 Å². The molecule has 0 bridgehead atoms. The number of allylic oxidation sites excluding steroid dienone is 1. The highest BCUT2D eigenvalue weighted by atomic mass is 16.5. The van der Waals surface area contributed by atoms with Crippen LogP contribution in [0.5, 0.6) is 11.5 Å². The van der Waals surface area contributed by atoms with Gasteiger partial charge in [-0.2, -0.15) is 10.4 Å². The minimum Gasteiger partial charge on any atom is -0.457 e. The molecule has 2 aliphatic rings. The van der Waals surface area contributed by atoms with Gasteiger partial charge in [0, 0.05) is 18.7 Å². The summed E-state index contributed by atoms with van der Waals surface area (Å²) in [5.74, 6) is 1.96. The number of anilines is 1. The molecule has 6 rings (SSSR count). The number of nitrogen functional groups attached to an aromatic ring is 1. The quantitative estimate of drug-likeness (QED) is 0.311. The van der Waals surface area contributed by atoms with E-state index in [0.29, 0.717) is 53.7 Å². The molecule has 1 saturated heterocycles. The Morgan fingerprint density at radius 1 is 1.05 bits per heavy atom. The van der Waals surface area contributed by atoms with Gasteiger partial charge in [-0.05, 0) is 61.6 Å². The zero-order chi connectivity index (χ0) is 25.4. The molecule has 4 aromatic rings. The first kappa shape index (κ1) is 22.7. The summed E-state index contributed by atoms with van der Waals surface area (Å²) in [5, 5.41) is 15.1. The van der Waals surface area contributed by atoms with Crippen molar-refractivity contribution in [2.24, 2.45) is 5.92 Å². The van der Waals surface area contributed by atoms with Crippen LogP contribution in [0.25, 0.3) is 22.3 Å². The van der Waals surface area contributed by atoms with Crippen LogP contribution in [0.3, 0.4) is 0 Å². The molecule has 0 spiro atoms. The molecule has 1 saturated carbocycles. The van der Waals surface area contributed by atoms with E-state index in [-0.39, 0.29) is 17.5 Å². The van der Waals surface area contributed by atoms with Crippen molar-refractivity contribution in [1.29, 1.82) is 5.26 Å². The first-order chi connectivity index (χ1) is 18.1. The average Bonchev–Trinajstić information content (AvgIpc) is 3.46. The number of rotatable bonds is 6. The highest BCUT2D eigenvalue weighted by Gasteiger charge is 2.33. The van der Waals surface area contributed by atoms with Gasteiger partial charge in [-0.1, -0.05) is 24.3 Å². The first-order valence-electron chi connectivity index (χ1n) is 12.3. The second-order valence-corrected chi connectivity index (χ2v) is 9.41. The molecule has 9 heteroatoms. The fraction of sp³-hybridized carbons (Fsp3) is 0.250. The van der Waals surface area contributed by atoms with E-state index in [4.69, 9.17) is 15.6 Å². The number of benzene rings is 2. The Labute approximate surface area is 213 Å². The predicted octanol–water partition coefficient (Wildman–Crippen LogP) is 4.50. The highest BCUT2D eigenvalue weighted by molar-refractivity contribution is 5.99. The summed E-state index contributed by atoms with van der Waals surface area (Å²) in [5.41, 5.74) is 8.68. The lowest BCUT2D eigenvalue weighted by Crippen LogP contribution is -2.30. The van der Waals surface area contributed by atoms with Gasteiger partial charge >= 0.3 is 0 Å². The van der Waals surface area contributed by atoms with Gasteiger partial charge in [-0.3, -0.25) is 4.79 Å². The minimum absolute atomic E-state index is 0.0870. The number of aromatic nitrogens is 4. The average molecular weight is 492 g/mol. The predicted molar refractivity (Wildman–Crippen MR) is 138 cm³/mol. The lowest BCUT2D eigenvalue weighted by atomic mass is 10.1. The highest BCUT2D eigenvalue weighted by Crippen LogP contribution is 2.36. The number of nitrogens with two attached hydrogens (primary N) is 1. The van der Waals surface area contributed by atoms with Crippen molar-refractivity contribution < 1.29 is 9.53 Å². The topological polar surface area (TPSA) is 123 Å². The Bertz CT molecular complexity index is 1530. The van der Waals surface area contributed by atoms with Crippen molar-refractivity contribution in [3.63, 3.8) is 0 Å². The lowest BCUT2D eigenvalue weighted by molar-refractivity contribution is -0.125. The van der Waals surface area contributed by atoms with Crippen LogP contribution < -0.4 is 10.5 Å². The molecule has 0 radical (unpaired) electrons. The largest absolute Gasteiger partial charge is 0.457 e. The normalized spacial score (nSPS) is 17.6. The Kier molecular flexibility index (Phi) is 5.77. The molecule has 2 aromatic heterocycles. The van der Waals surface area contributed by atoms with Crippen molar-refractivity contribution in [3.05, 3.63) is 72.6 Å².